The van der Waals surface area contributed by atoms with Crippen molar-refractivity contribution in [2.45, 2.75) is 61.0 Å². The fourth-order valence-corrected chi connectivity index (χ4v) is 3.77. The zero-order valence-corrected chi connectivity index (χ0v) is 18.0. The molecule has 0 spiro atoms. The van der Waals surface area contributed by atoms with Gasteiger partial charge in [0.05, 0.1) is 18.4 Å². The van der Waals surface area contributed by atoms with E-state index < -0.39 is 22.4 Å². The lowest BCUT2D eigenvalue weighted by molar-refractivity contribution is -0.190. The third-order valence-electron chi connectivity index (χ3n) is 4.90. The SMILES string of the molecule is CCOC(=O)C(Oc1cc(O)c(C)cc1-c1ncco1)(C(C)(C)C)C(C)(C)C. The maximum absolute atomic E-state index is 13.3. The van der Waals surface area contributed by atoms with Crippen molar-refractivity contribution in [1.82, 2.24) is 4.98 Å². The average molecular weight is 389 g/mol. The van der Waals surface area contributed by atoms with E-state index in [9.17, 15) is 9.90 Å². The molecule has 2 aromatic rings. The predicted molar refractivity (Wildman–Crippen MR) is 107 cm³/mol. The molecule has 2 rings (SSSR count). The van der Waals surface area contributed by atoms with Crippen LogP contribution in [0.2, 0.25) is 0 Å². The Balaban J connectivity index is 2.75. The number of esters is 1. The van der Waals surface area contributed by atoms with Crippen molar-refractivity contribution in [1.29, 1.82) is 0 Å². The van der Waals surface area contributed by atoms with Crippen molar-refractivity contribution in [2.75, 3.05) is 6.61 Å². The Morgan fingerprint density at radius 1 is 1.14 bits per heavy atom. The Hall–Kier alpha value is -2.50. The molecular weight excluding hydrogens is 358 g/mol. The molecule has 0 aliphatic heterocycles. The van der Waals surface area contributed by atoms with Gasteiger partial charge in [-0.1, -0.05) is 41.5 Å². The second kappa shape index (κ2) is 7.49. The molecule has 0 aliphatic carbocycles. The highest BCUT2D eigenvalue weighted by Gasteiger charge is 2.60. The number of hydrogen-bond acceptors (Lipinski definition) is 6. The number of aryl methyl sites for hydroxylation is 1. The molecule has 6 heteroatoms. The second-order valence-corrected chi connectivity index (χ2v) is 8.98. The zero-order chi connectivity index (χ0) is 21.3. The van der Waals surface area contributed by atoms with E-state index in [0.717, 1.165) is 0 Å². The van der Waals surface area contributed by atoms with E-state index >= 15 is 0 Å². The van der Waals surface area contributed by atoms with E-state index in [2.05, 4.69) is 4.98 Å². The van der Waals surface area contributed by atoms with Crippen molar-refractivity contribution < 1.29 is 23.8 Å². The third-order valence-corrected chi connectivity index (χ3v) is 4.90. The number of oxazole rings is 1. The molecule has 0 saturated heterocycles. The second-order valence-electron chi connectivity index (χ2n) is 8.98. The smallest absolute Gasteiger partial charge is 0.351 e. The maximum atomic E-state index is 13.3. The summed E-state index contributed by atoms with van der Waals surface area (Å²) in [5.41, 5.74) is -1.37. The quantitative estimate of drug-likeness (QED) is 0.714. The van der Waals surface area contributed by atoms with Gasteiger partial charge in [-0.3, -0.25) is 0 Å². The molecule has 6 nitrogen and oxygen atoms in total. The van der Waals surface area contributed by atoms with Gasteiger partial charge in [-0.2, -0.15) is 0 Å². The van der Waals surface area contributed by atoms with E-state index in [-0.39, 0.29) is 12.4 Å². The topological polar surface area (TPSA) is 81.8 Å². The fourth-order valence-electron chi connectivity index (χ4n) is 3.77. The van der Waals surface area contributed by atoms with E-state index in [0.29, 0.717) is 22.8 Å². The molecule has 0 unspecified atom stereocenters. The summed E-state index contributed by atoms with van der Waals surface area (Å²) in [5, 5.41) is 10.3. The molecule has 1 aromatic heterocycles. The monoisotopic (exact) mass is 389 g/mol. The van der Waals surface area contributed by atoms with Crippen LogP contribution in [-0.2, 0) is 9.53 Å². The molecule has 1 N–H and O–H groups in total. The van der Waals surface area contributed by atoms with Gasteiger partial charge in [0.2, 0.25) is 11.5 Å². The first-order valence-electron chi connectivity index (χ1n) is 9.45. The summed E-state index contributed by atoms with van der Waals surface area (Å²) in [4.78, 5) is 17.5. The number of phenols is 1. The highest BCUT2D eigenvalue weighted by molar-refractivity contribution is 5.83. The number of phenolic OH excluding ortho intramolecular Hbond substituents is 1. The predicted octanol–water partition coefficient (Wildman–Crippen LogP) is 5.13. The van der Waals surface area contributed by atoms with Crippen LogP contribution >= 0.6 is 0 Å². The van der Waals surface area contributed by atoms with Crippen LogP contribution in [0.4, 0.5) is 0 Å². The van der Waals surface area contributed by atoms with Crippen molar-refractivity contribution in [3.63, 3.8) is 0 Å². The van der Waals surface area contributed by atoms with E-state index in [1.54, 1.807) is 19.9 Å². The molecular formula is C22H31NO5. The number of carbonyl (C=O) groups is 1. The van der Waals surface area contributed by atoms with Crippen molar-refractivity contribution >= 4 is 5.97 Å². The van der Waals surface area contributed by atoms with Crippen LogP contribution in [0.1, 0.15) is 54.0 Å². The highest BCUT2D eigenvalue weighted by Crippen LogP contribution is 2.50. The van der Waals surface area contributed by atoms with E-state index in [1.165, 1.54) is 18.5 Å². The Morgan fingerprint density at radius 3 is 2.21 bits per heavy atom. The summed E-state index contributed by atoms with van der Waals surface area (Å²) in [6, 6.07) is 3.23. The number of hydrogen-bond donors (Lipinski definition) is 1. The van der Waals surface area contributed by atoms with Crippen LogP contribution in [0.25, 0.3) is 11.5 Å². The van der Waals surface area contributed by atoms with Crippen LogP contribution in [0, 0.1) is 17.8 Å². The summed E-state index contributed by atoms with van der Waals surface area (Å²) >= 11 is 0. The van der Waals surface area contributed by atoms with Crippen molar-refractivity contribution in [3.05, 3.63) is 30.2 Å². The molecule has 0 amide bonds. The summed E-state index contributed by atoms with van der Waals surface area (Å²) < 4.78 is 17.4. The average Bonchev–Trinajstić information content (AvgIpc) is 3.07. The third kappa shape index (κ3) is 3.73. The highest BCUT2D eigenvalue weighted by atomic mass is 16.6. The Morgan fingerprint density at radius 2 is 1.75 bits per heavy atom. The number of nitrogens with zero attached hydrogens (tertiary/aromatic N) is 1. The van der Waals surface area contributed by atoms with Gasteiger partial charge < -0.3 is 19.0 Å². The number of benzene rings is 1. The minimum absolute atomic E-state index is 0.0610. The first-order valence-corrected chi connectivity index (χ1v) is 9.45. The summed E-state index contributed by atoms with van der Waals surface area (Å²) in [5.74, 6) is 0.265. The number of ether oxygens (including phenoxy) is 2. The Bertz CT molecular complexity index is 812. The molecule has 0 bridgehead atoms. The number of rotatable bonds is 5. The van der Waals surface area contributed by atoms with Gasteiger partial charge in [-0.15, -0.1) is 0 Å². The summed E-state index contributed by atoms with van der Waals surface area (Å²) in [6.45, 7) is 15.4. The zero-order valence-electron chi connectivity index (χ0n) is 18.0. The molecule has 0 radical (unpaired) electrons. The lowest BCUT2D eigenvalue weighted by atomic mass is 9.62. The minimum atomic E-state index is -1.33. The lowest BCUT2D eigenvalue weighted by Gasteiger charge is -2.50. The Labute approximate surface area is 166 Å². The lowest BCUT2D eigenvalue weighted by Crippen LogP contribution is -2.63. The first-order chi connectivity index (χ1) is 12.8. The fraction of sp³-hybridized carbons (Fsp3) is 0.545. The van der Waals surface area contributed by atoms with Gasteiger partial charge in [0.15, 0.2) is 0 Å². The Kier molecular flexibility index (Phi) is 5.83. The molecule has 1 aromatic carbocycles. The van der Waals surface area contributed by atoms with Crippen molar-refractivity contribution in [2.24, 2.45) is 10.8 Å². The molecule has 0 fully saturated rings. The largest absolute Gasteiger partial charge is 0.508 e. The van der Waals surface area contributed by atoms with Gasteiger partial charge in [0.25, 0.3) is 0 Å². The summed E-state index contributed by atoms with van der Waals surface area (Å²) in [6.07, 6.45) is 3.00. The van der Waals surface area contributed by atoms with Gasteiger partial charge in [0.1, 0.15) is 17.8 Å². The summed E-state index contributed by atoms with van der Waals surface area (Å²) in [7, 11) is 0. The molecule has 0 saturated carbocycles. The van der Waals surface area contributed by atoms with Gasteiger partial charge in [-0.25, -0.2) is 9.78 Å². The molecule has 0 atom stereocenters. The number of aromatic hydroxyl groups is 1. The first kappa shape index (κ1) is 21.8. The van der Waals surface area contributed by atoms with Crippen LogP contribution in [0.15, 0.2) is 29.0 Å². The van der Waals surface area contributed by atoms with Gasteiger partial charge >= 0.3 is 5.97 Å². The van der Waals surface area contributed by atoms with Crippen molar-refractivity contribution in [3.8, 4) is 23.0 Å². The van der Waals surface area contributed by atoms with E-state index in [4.69, 9.17) is 13.9 Å². The van der Waals surface area contributed by atoms with Crippen LogP contribution in [-0.4, -0.2) is 28.3 Å². The standard InChI is InChI=1S/C22H31NO5/c1-9-26-19(25)22(20(3,4)5,21(6,7)8)28-17-13-16(24)14(2)12-15(17)18-23-10-11-27-18/h10-13,24H,9H2,1-8H3. The van der Waals surface area contributed by atoms with Crippen LogP contribution in [0.5, 0.6) is 11.5 Å². The molecule has 154 valence electrons. The molecule has 1 heterocycles. The van der Waals surface area contributed by atoms with Crippen LogP contribution < -0.4 is 4.74 Å². The normalized spacial score (nSPS) is 12.7. The van der Waals surface area contributed by atoms with Crippen LogP contribution in [0.3, 0.4) is 0 Å². The van der Waals surface area contributed by atoms with Gasteiger partial charge in [-0.05, 0) is 25.5 Å². The van der Waals surface area contributed by atoms with Gasteiger partial charge in [0, 0.05) is 16.9 Å². The molecule has 28 heavy (non-hydrogen) atoms. The molecule has 0 aliphatic rings. The van der Waals surface area contributed by atoms with E-state index in [1.807, 2.05) is 41.5 Å². The maximum Gasteiger partial charge on any atom is 0.351 e. The number of carbonyl (C=O) groups excluding carboxylic acids is 1. The minimum Gasteiger partial charge on any atom is -0.508 e. The number of aromatic nitrogens is 1.